The third-order valence-electron chi connectivity index (χ3n) is 3.85. The standard InChI is InChI=1S/C15H22N2O3S/c18-13-4-2-1-3-11(13)9-17-14(19)5-7-16-15(20)12-6-8-21-10-12/h6,8,10-11,13,18H,1-5,7,9H2,(H,16,20)(H,17,19). The Hall–Kier alpha value is -1.40. The molecule has 1 aliphatic carbocycles. The van der Waals surface area contributed by atoms with Crippen molar-refractivity contribution in [3.63, 3.8) is 0 Å². The van der Waals surface area contributed by atoms with Gasteiger partial charge in [0, 0.05) is 36.4 Å². The first kappa shape index (κ1) is 16.0. The van der Waals surface area contributed by atoms with E-state index in [1.54, 1.807) is 11.4 Å². The molecular weight excluding hydrogens is 288 g/mol. The van der Waals surface area contributed by atoms with Crippen molar-refractivity contribution in [3.05, 3.63) is 22.4 Å². The molecule has 5 nitrogen and oxygen atoms in total. The Balaban J connectivity index is 1.60. The lowest BCUT2D eigenvalue weighted by Gasteiger charge is -2.27. The Kier molecular flexibility index (Phi) is 6.20. The van der Waals surface area contributed by atoms with Crippen LogP contribution in [0.4, 0.5) is 0 Å². The molecule has 0 spiro atoms. The average molecular weight is 310 g/mol. The van der Waals surface area contributed by atoms with E-state index in [1.807, 2.05) is 5.38 Å². The van der Waals surface area contributed by atoms with E-state index in [9.17, 15) is 14.7 Å². The average Bonchev–Trinajstić information content (AvgIpc) is 3.00. The fourth-order valence-electron chi connectivity index (χ4n) is 2.54. The van der Waals surface area contributed by atoms with Gasteiger partial charge in [-0.3, -0.25) is 9.59 Å². The molecule has 2 amide bonds. The van der Waals surface area contributed by atoms with Crippen molar-refractivity contribution in [2.75, 3.05) is 13.1 Å². The van der Waals surface area contributed by atoms with Crippen molar-refractivity contribution in [3.8, 4) is 0 Å². The molecule has 0 saturated heterocycles. The second-order valence-electron chi connectivity index (χ2n) is 5.43. The minimum Gasteiger partial charge on any atom is -0.393 e. The molecule has 1 aliphatic rings. The molecule has 116 valence electrons. The molecule has 1 saturated carbocycles. The summed E-state index contributed by atoms with van der Waals surface area (Å²) in [5.41, 5.74) is 0.630. The lowest BCUT2D eigenvalue weighted by Crippen LogP contribution is -2.38. The maximum Gasteiger partial charge on any atom is 0.252 e. The first-order valence-electron chi connectivity index (χ1n) is 7.42. The van der Waals surface area contributed by atoms with Gasteiger partial charge in [-0.1, -0.05) is 12.8 Å². The van der Waals surface area contributed by atoms with Gasteiger partial charge < -0.3 is 15.7 Å². The Bertz CT molecular complexity index is 461. The highest BCUT2D eigenvalue weighted by atomic mass is 32.1. The largest absolute Gasteiger partial charge is 0.393 e. The second-order valence-corrected chi connectivity index (χ2v) is 6.21. The quantitative estimate of drug-likeness (QED) is 0.746. The number of amides is 2. The topological polar surface area (TPSA) is 78.4 Å². The normalized spacial score (nSPS) is 21.8. The van der Waals surface area contributed by atoms with E-state index in [1.165, 1.54) is 11.3 Å². The summed E-state index contributed by atoms with van der Waals surface area (Å²) in [7, 11) is 0. The highest BCUT2D eigenvalue weighted by molar-refractivity contribution is 7.08. The first-order valence-corrected chi connectivity index (χ1v) is 8.36. The molecule has 1 aromatic heterocycles. The highest BCUT2D eigenvalue weighted by Gasteiger charge is 2.23. The highest BCUT2D eigenvalue weighted by Crippen LogP contribution is 2.23. The van der Waals surface area contributed by atoms with Crippen LogP contribution in [0.25, 0.3) is 0 Å². The van der Waals surface area contributed by atoms with Crippen molar-refractivity contribution in [2.24, 2.45) is 5.92 Å². The number of hydrogen-bond acceptors (Lipinski definition) is 4. The number of nitrogens with one attached hydrogen (secondary N) is 2. The van der Waals surface area contributed by atoms with Crippen molar-refractivity contribution >= 4 is 23.2 Å². The second kappa shape index (κ2) is 8.14. The van der Waals surface area contributed by atoms with Crippen molar-refractivity contribution in [1.29, 1.82) is 0 Å². The van der Waals surface area contributed by atoms with E-state index in [4.69, 9.17) is 0 Å². The monoisotopic (exact) mass is 310 g/mol. The van der Waals surface area contributed by atoms with Gasteiger partial charge in [0.05, 0.1) is 6.10 Å². The van der Waals surface area contributed by atoms with Gasteiger partial charge in [0.15, 0.2) is 0 Å². The van der Waals surface area contributed by atoms with E-state index in [0.29, 0.717) is 18.7 Å². The number of aliphatic hydroxyl groups excluding tert-OH is 1. The van der Waals surface area contributed by atoms with Gasteiger partial charge in [0.2, 0.25) is 5.91 Å². The first-order chi connectivity index (χ1) is 10.2. The SMILES string of the molecule is O=C(CCNC(=O)c1ccsc1)NCC1CCCCC1O. The molecule has 1 aromatic rings. The Morgan fingerprint density at radius 3 is 2.81 bits per heavy atom. The predicted octanol–water partition coefficient (Wildman–Crippen LogP) is 1.54. The molecule has 2 atom stereocenters. The number of carbonyl (C=O) groups is 2. The molecule has 0 aromatic carbocycles. The maximum atomic E-state index is 11.7. The van der Waals surface area contributed by atoms with Crippen LogP contribution in [-0.4, -0.2) is 36.1 Å². The molecule has 3 N–H and O–H groups in total. The number of carbonyl (C=O) groups excluding carboxylic acids is 2. The summed E-state index contributed by atoms with van der Waals surface area (Å²) in [6.07, 6.45) is 3.96. The minimum absolute atomic E-state index is 0.0848. The van der Waals surface area contributed by atoms with Crippen molar-refractivity contribution < 1.29 is 14.7 Å². The number of thiophene rings is 1. The number of hydrogen-bond donors (Lipinski definition) is 3. The van der Waals surface area contributed by atoms with Gasteiger partial charge in [-0.2, -0.15) is 11.3 Å². The summed E-state index contributed by atoms with van der Waals surface area (Å²) >= 11 is 1.47. The van der Waals surface area contributed by atoms with E-state index < -0.39 is 0 Å². The molecule has 0 bridgehead atoms. The maximum absolute atomic E-state index is 11.7. The molecule has 21 heavy (non-hydrogen) atoms. The van der Waals surface area contributed by atoms with Gasteiger partial charge >= 0.3 is 0 Å². The third-order valence-corrected chi connectivity index (χ3v) is 4.53. The summed E-state index contributed by atoms with van der Waals surface area (Å²) < 4.78 is 0. The zero-order valence-corrected chi connectivity index (χ0v) is 12.8. The van der Waals surface area contributed by atoms with E-state index in [0.717, 1.165) is 25.7 Å². The molecular formula is C15H22N2O3S. The Labute approximate surface area is 128 Å². The van der Waals surface area contributed by atoms with Gasteiger partial charge in [-0.15, -0.1) is 0 Å². The summed E-state index contributed by atoms with van der Waals surface area (Å²) in [6, 6.07) is 1.75. The van der Waals surface area contributed by atoms with Gasteiger partial charge in [0.1, 0.15) is 0 Å². The van der Waals surface area contributed by atoms with Crippen LogP contribution in [0.15, 0.2) is 16.8 Å². The van der Waals surface area contributed by atoms with Crippen LogP contribution in [0.1, 0.15) is 42.5 Å². The third kappa shape index (κ3) is 5.13. The predicted molar refractivity (Wildman–Crippen MR) is 82.2 cm³/mol. The van der Waals surface area contributed by atoms with Crippen LogP contribution >= 0.6 is 11.3 Å². The molecule has 1 fully saturated rings. The molecule has 2 unspecified atom stereocenters. The molecule has 1 heterocycles. The summed E-state index contributed by atoms with van der Waals surface area (Å²) in [5, 5.41) is 19.0. The lowest BCUT2D eigenvalue weighted by molar-refractivity contribution is -0.121. The van der Waals surface area contributed by atoms with Crippen LogP contribution in [-0.2, 0) is 4.79 Å². The van der Waals surface area contributed by atoms with Gasteiger partial charge in [-0.25, -0.2) is 0 Å². The zero-order valence-electron chi connectivity index (χ0n) is 12.0. The van der Waals surface area contributed by atoms with Crippen LogP contribution in [0.3, 0.4) is 0 Å². The fraction of sp³-hybridized carbons (Fsp3) is 0.600. The van der Waals surface area contributed by atoms with E-state index >= 15 is 0 Å². The van der Waals surface area contributed by atoms with Crippen molar-refractivity contribution in [2.45, 2.75) is 38.2 Å². The molecule has 6 heteroatoms. The van der Waals surface area contributed by atoms with Gasteiger partial charge in [0.25, 0.3) is 5.91 Å². The van der Waals surface area contributed by atoms with Gasteiger partial charge in [-0.05, 0) is 24.3 Å². The Morgan fingerprint density at radius 1 is 1.29 bits per heavy atom. The van der Waals surface area contributed by atoms with Crippen LogP contribution in [0.2, 0.25) is 0 Å². The van der Waals surface area contributed by atoms with Crippen LogP contribution in [0.5, 0.6) is 0 Å². The lowest BCUT2D eigenvalue weighted by atomic mass is 9.86. The number of aliphatic hydroxyl groups is 1. The van der Waals surface area contributed by atoms with Crippen molar-refractivity contribution in [1.82, 2.24) is 10.6 Å². The van der Waals surface area contributed by atoms with Crippen LogP contribution < -0.4 is 10.6 Å². The molecule has 2 rings (SSSR count). The smallest absolute Gasteiger partial charge is 0.252 e. The summed E-state index contributed by atoms with van der Waals surface area (Å²) in [6.45, 7) is 0.853. The summed E-state index contributed by atoms with van der Waals surface area (Å²) in [5.74, 6) is -0.0618. The molecule has 0 aliphatic heterocycles. The number of rotatable bonds is 6. The van der Waals surface area contributed by atoms with E-state index in [2.05, 4.69) is 10.6 Å². The molecule has 0 radical (unpaired) electrons. The zero-order chi connectivity index (χ0) is 15.1. The van der Waals surface area contributed by atoms with Crippen LogP contribution in [0, 0.1) is 5.92 Å². The summed E-state index contributed by atoms with van der Waals surface area (Å²) in [4.78, 5) is 23.4. The van der Waals surface area contributed by atoms with E-state index in [-0.39, 0.29) is 30.3 Å². The fourth-order valence-corrected chi connectivity index (χ4v) is 3.18. The minimum atomic E-state index is -0.294. The Morgan fingerprint density at radius 2 is 2.10 bits per heavy atom.